The van der Waals surface area contributed by atoms with Crippen LogP contribution in [-0.2, 0) is 12.8 Å². The van der Waals surface area contributed by atoms with Crippen LogP contribution in [0.4, 0.5) is 19.4 Å². The van der Waals surface area contributed by atoms with Crippen molar-refractivity contribution in [2.75, 3.05) is 31.8 Å². The summed E-state index contributed by atoms with van der Waals surface area (Å²) in [6.07, 6.45) is 2.79. The molecular formula is C26H29F2N5O. The Kier molecular flexibility index (Phi) is 6.58. The van der Waals surface area contributed by atoms with E-state index in [4.69, 9.17) is 5.10 Å². The van der Waals surface area contributed by atoms with Crippen molar-refractivity contribution in [1.29, 1.82) is 0 Å². The maximum Gasteiger partial charge on any atom is 0.320 e. The summed E-state index contributed by atoms with van der Waals surface area (Å²) in [7, 11) is 0. The molecule has 1 aliphatic carbocycles. The first-order chi connectivity index (χ1) is 16.7. The Morgan fingerprint density at radius 2 is 1.71 bits per heavy atom. The van der Waals surface area contributed by atoms with E-state index in [-0.39, 0.29) is 18.0 Å². The van der Waals surface area contributed by atoms with Gasteiger partial charge in [0.1, 0.15) is 19.2 Å². The van der Waals surface area contributed by atoms with Gasteiger partial charge >= 0.3 is 6.03 Å². The molecule has 1 aliphatic heterocycles. The van der Waals surface area contributed by atoms with Crippen molar-refractivity contribution in [2.45, 2.75) is 37.3 Å². The Balaban J connectivity index is 1.37. The molecule has 0 spiro atoms. The molecule has 178 valence electrons. The first-order valence-corrected chi connectivity index (χ1v) is 11.8. The van der Waals surface area contributed by atoms with Crippen molar-refractivity contribution < 1.29 is 13.6 Å². The standard InChI is InChI=1S/C26H29F2N5O/c27-14-20(15-28)32-16-22(18-8-3-1-4-9-18)24(17-32)29-26(34)30-25-21-12-7-13-23(21)31-33(25)19-10-5-2-6-11-19/h1-6,8-11,20,22,24H,7,12-17H2,(H2,29,30,34)/t22?,24-/m1/s1. The van der Waals surface area contributed by atoms with Crippen LogP contribution in [0.1, 0.15) is 29.2 Å². The number of hydrogen-bond acceptors (Lipinski definition) is 3. The minimum atomic E-state index is -0.788. The number of carbonyl (C=O) groups excluding carboxylic acids is 1. The van der Waals surface area contributed by atoms with E-state index in [0.29, 0.717) is 18.9 Å². The molecule has 1 aromatic heterocycles. The van der Waals surface area contributed by atoms with Crippen LogP contribution in [-0.4, -0.2) is 59.2 Å². The number of alkyl halides is 2. The van der Waals surface area contributed by atoms with Crippen molar-refractivity contribution in [2.24, 2.45) is 0 Å². The minimum absolute atomic E-state index is 0.0581. The van der Waals surface area contributed by atoms with Gasteiger partial charge in [-0.1, -0.05) is 48.5 Å². The highest BCUT2D eigenvalue weighted by molar-refractivity contribution is 5.90. The summed E-state index contributed by atoms with van der Waals surface area (Å²) in [6.45, 7) is -0.620. The third-order valence-electron chi connectivity index (χ3n) is 6.90. The Morgan fingerprint density at radius 3 is 2.41 bits per heavy atom. The quantitative estimate of drug-likeness (QED) is 0.548. The molecule has 2 heterocycles. The van der Waals surface area contributed by atoms with Crippen LogP contribution in [0.5, 0.6) is 0 Å². The second-order valence-corrected chi connectivity index (χ2v) is 9.01. The van der Waals surface area contributed by atoms with Gasteiger partial charge in [-0.2, -0.15) is 5.10 Å². The number of benzene rings is 2. The van der Waals surface area contributed by atoms with Gasteiger partial charge in [0.2, 0.25) is 0 Å². The van der Waals surface area contributed by atoms with Crippen LogP contribution < -0.4 is 10.6 Å². The molecule has 1 unspecified atom stereocenters. The third-order valence-corrected chi connectivity index (χ3v) is 6.90. The topological polar surface area (TPSA) is 62.2 Å². The monoisotopic (exact) mass is 465 g/mol. The summed E-state index contributed by atoms with van der Waals surface area (Å²) >= 11 is 0. The van der Waals surface area contributed by atoms with Crippen molar-refractivity contribution in [3.8, 4) is 5.69 Å². The van der Waals surface area contributed by atoms with E-state index in [1.807, 2.05) is 60.7 Å². The molecule has 5 rings (SSSR count). The molecule has 34 heavy (non-hydrogen) atoms. The number of aromatic nitrogens is 2. The van der Waals surface area contributed by atoms with Gasteiger partial charge in [-0.15, -0.1) is 0 Å². The van der Waals surface area contributed by atoms with Crippen LogP contribution in [0.2, 0.25) is 0 Å². The molecule has 2 amide bonds. The molecule has 8 heteroatoms. The third kappa shape index (κ3) is 4.42. The average Bonchev–Trinajstić information content (AvgIpc) is 3.57. The number of nitrogens with zero attached hydrogens (tertiary/aromatic N) is 3. The maximum atomic E-state index is 13.4. The zero-order valence-corrected chi connectivity index (χ0v) is 19.0. The molecule has 0 saturated carbocycles. The van der Waals surface area contributed by atoms with E-state index in [1.165, 1.54) is 0 Å². The Hall–Kier alpha value is -3.26. The largest absolute Gasteiger partial charge is 0.333 e. The Morgan fingerprint density at radius 1 is 1.00 bits per heavy atom. The van der Waals surface area contributed by atoms with E-state index >= 15 is 0 Å². The number of anilines is 1. The van der Waals surface area contributed by atoms with Gasteiger partial charge in [0, 0.05) is 24.6 Å². The molecule has 2 atom stereocenters. The van der Waals surface area contributed by atoms with Crippen molar-refractivity contribution in [3.63, 3.8) is 0 Å². The maximum absolute atomic E-state index is 13.4. The summed E-state index contributed by atoms with van der Waals surface area (Å²) in [5, 5.41) is 10.9. The summed E-state index contributed by atoms with van der Waals surface area (Å²) in [5.74, 6) is 0.630. The van der Waals surface area contributed by atoms with Crippen molar-refractivity contribution >= 4 is 11.8 Å². The lowest BCUT2D eigenvalue weighted by molar-refractivity contribution is 0.163. The normalized spacial score (nSPS) is 20.0. The number of amides is 2. The summed E-state index contributed by atoms with van der Waals surface area (Å²) in [6, 6.07) is 18.2. The number of carbonyl (C=O) groups is 1. The second-order valence-electron chi connectivity index (χ2n) is 9.01. The van der Waals surface area contributed by atoms with Crippen molar-refractivity contribution in [1.82, 2.24) is 20.0 Å². The van der Waals surface area contributed by atoms with Gasteiger partial charge in [0.15, 0.2) is 0 Å². The molecule has 0 radical (unpaired) electrons. The SMILES string of the molecule is O=C(Nc1c2c(nn1-c1ccccc1)CCC2)N[C@@H]1CN(C(CF)CF)CC1c1ccccc1. The summed E-state index contributed by atoms with van der Waals surface area (Å²) in [4.78, 5) is 15.0. The molecule has 3 aromatic rings. The molecular weight excluding hydrogens is 436 g/mol. The van der Waals surface area contributed by atoms with Crippen LogP contribution in [0.15, 0.2) is 60.7 Å². The van der Waals surface area contributed by atoms with Gasteiger partial charge < -0.3 is 5.32 Å². The lowest BCUT2D eigenvalue weighted by Gasteiger charge is -2.22. The molecule has 2 N–H and O–H groups in total. The van der Waals surface area contributed by atoms with Gasteiger partial charge in [0.25, 0.3) is 0 Å². The zero-order valence-electron chi connectivity index (χ0n) is 19.0. The fraction of sp³-hybridized carbons (Fsp3) is 0.385. The first-order valence-electron chi connectivity index (χ1n) is 11.8. The second kappa shape index (κ2) is 9.93. The average molecular weight is 466 g/mol. The molecule has 0 bridgehead atoms. The Labute approximate surface area is 198 Å². The number of fused-ring (bicyclic) bond motifs is 1. The van der Waals surface area contributed by atoms with Crippen LogP contribution in [0.3, 0.4) is 0 Å². The number of rotatable bonds is 7. The number of urea groups is 1. The lowest BCUT2D eigenvalue weighted by Crippen LogP contribution is -2.44. The van der Waals surface area contributed by atoms with Gasteiger partial charge in [-0.25, -0.2) is 18.3 Å². The van der Waals surface area contributed by atoms with Gasteiger partial charge in [-0.05, 0) is 37.0 Å². The Bertz CT molecular complexity index is 1120. The lowest BCUT2D eigenvalue weighted by atomic mass is 9.94. The molecule has 2 aromatic carbocycles. The van der Waals surface area contributed by atoms with E-state index in [1.54, 1.807) is 9.58 Å². The van der Waals surface area contributed by atoms with Crippen LogP contribution in [0, 0.1) is 0 Å². The first kappa shape index (κ1) is 22.5. The fourth-order valence-corrected chi connectivity index (χ4v) is 5.14. The summed E-state index contributed by atoms with van der Waals surface area (Å²) in [5.41, 5.74) is 4.01. The number of aryl methyl sites for hydroxylation is 1. The van der Waals surface area contributed by atoms with Crippen LogP contribution >= 0.6 is 0 Å². The molecule has 1 fully saturated rings. The summed E-state index contributed by atoms with van der Waals surface area (Å²) < 4.78 is 28.6. The van der Waals surface area contributed by atoms with Crippen LogP contribution in [0.25, 0.3) is 5.69 Å². The van der Waals surface area contributed by atoms with Gasteiger partial charge in [0.05, 0.1) is 23.5 Å². The van der Waals surface area contributed by atoms with E-state index in [0.717, 1.165) is 41.8 Å². The van der Waals surface area contributed by atoms with Crippen molar-refractivity contribution in [3.05, 3.63) is 77.5 Å². The number of hydrogen-bond donors (Lipinski definition) is 2. The molecule has 2 aliphatic rings. The smallest absolute Gasteiger partial charge is 0.320 e. The molecule has 6 nitrogen and oxygen atoms in total. The predicted molar refractivity (Wildman–Crippen MR) is 128 cm³/mol. The highest BCUT2D eigenvalue weighted by Gasteiger charge is 2.38. The van der Waals surface area contributed by atoms with E-state index < -0.39 is 19.4 Å². The number of nitrogens with one attached hydrogen (secondary N) is 2. The number of para-hydroxylation sites is 1. The minimum Gasteiger partial charge on any atom is -0.333 e. The molecule has 1 saturated heterocycles. The number of halogens is 2. The fourth-order valence-electron chi connectivity index (χ4n) is 5.14. The zero-order chi connectivity index (χ0) is 23.5. The highest BCUT2D eigenvalue weighted by Crippen LogP contribution is 2.32. The highest BCUT2D eigenvalue weighted by atomic mass is 19.1. The van der Waals surface area contributed by atoms with Gasteiger partial charge in [-0.3, -0.25) is 10.2 Å². The predicted octanol–water partition coefficient (Wildman–Crippen LogP) is 4.26. The number of likely N-dealkylation sites (tertiary alicyclic amines) is 1. The van der Waals surface area contributed by atoms with E-state index in [9.17, 15) is 13.6 Å². The van der Waals surface area contributed by atoms with E-state index in [2.05, 4.69) is 10.6 Å².